The highest BCUT2D eigenvalue weighted by Crippen LogP contribution is 2.53. The minimum atomic E-state index is -1.18. The van der Waals surface area contributed by atoms with E-state index in [4.69, 9.17) is 9.47 Å². The van der Waals surface area contributed by atoms with Crippen molar-refractivity contribution in [2.75, 3.05) is 13.2 Å². The third kappa shape index (κ3) is 5.64. The minimum Gasteiger partial charge on any atom is -0.461 e. The summed E-state index contributed by atoms with van der Waals surface area (Å²) in [5, 5.41) is 10.2. The van der Waals surface area contributed by atoms with Gasteiger partial charge in [-0.25, -0.2) is 14.0 Å². The normalized spacial score (nSPS) is 13.2. The zero-order valence-corrected chi connectivity index (χ0v) is 33.7. The lowest BCUT2D eigenvalue weighted by Gasteiger charge is -2.31. The molecule has 0 aliphatic heterocycles. The van der Waals surface area contributed by atoms with Gasteiger partial charge in [-0.1, -0.05) is 155 Å². The first-order valence-electron chi connectivity index (χ1n) is 20.2. The molecule has 10 rings (SSSR count). The van der Waals surface area contributed by atoms with Crippen molar-refractivity contribution >= 4 is 65.8 Å². The topological polar surface area (TPSA) is 52.6 Å². The van der Waals surface area contributed by atoms with Crippen LogP contribution in [0.25, 0.3) is 87.2 Å². The van der Waals surface area contributed by atoms with Crippen molar-refractivity contribution in [1.29, 1.82) is 0 Å². The summed E-state index contributed by atoms with van der Waals surface area (Å²) in [6.45, 7) is 13.7. The lowest BCUT2D eigenvalue weighted by molar-refractivity contribution is -0.143. The summed E-state index contributed by atoms with van der Waals surface area (Å²) >= 11 is 0. The van der Waals surface area contributed by atoms with Crippen LogP contribution in [0.1, 0.15) is 37.5 Å². The molecule has 0 spiro atoms. The monoisotopic (exact) mass is 784 g/mol. The number of halogens is 1. The Balaban J connectivity index is 1.20. The molecule has 0 heterocycles. The van der Waals surface area contributed by atoms with Gasteiger partial charge in [0.2, 0.25) is 0 Å². The Hall–Kier alpha value is -7.11. The van der Waals surface area contributed by atoms with Crippen LogP contribution in [0.5, 0.6) is 0 Å². The number of carbonyl (C=O) groups excluding carboxylic acids is 2. The molecule has 0 atom stereocenters. The van der Waals surface area contributed by atoms with Crippen LogP contribution in [0.4, 0.5) is 4.39 Å². The van der Waals surface area contributed by atoms with E-state index >= 15 is 4.39 Å². The van der Waals surface area contributed by atoms with E-state index in [1.165, 1.54) is 27.1 Å². The Morgan fingerprint density at radius 2 is 1.07 bits per heavy atom. The van der Waals surface area contributed by atoms with Gasteiger partial charge in [-0.15, -0.1) is 0 Å². The van der Waals surface area contributed by atoms with Crippen LogP contribution in [-0.2, 0) is 29.9 Å². The zero-order chi connectivity index (χ0) is 41.5. The number of carbonyl (C=O) groups is 2. The average Bonchev–Trinajstić information content (AvgIpc) is 3.54. The fourth-order valence-corrected chi connectivity index (χ4v) is 9.56. The van der Waals surface area contributed by atoms with Gasteiger partial charge in [0.25, 0.3) is 0 Å². The van der Waals surface area contributed by atoms with Crippen molar-refractivity contribution in [2.24, 2.45) is 0 Å². The van der Waals surface area contributed by atoms with Gasteiger partial charge in [-0.3, -0.25) is 0 Å². The van der Waals surface area contributed by atoms with Gasteiger partial charge >= 0.3 is 11.9 Å². The van der Waals surface area contributed by atoms with Crippen LogP contribution in [0.3, 0.4) is 0 Å². The van der Waals surface area contributed by atoms with Gasteiger partial charge < -0.3 is 9.47 Å². The van der Waals surface area contributed by atoms with Crippen LogP contribution < -0.4 is 0 Å². The van der Waals surface area contributed by atoms with Crippen LogP contribution in [0, 0.1) is 5.82 Å². The molecule has 9 aromatic rings. The van der Waals surface area contributed by atoms with Gasteiger partial charge in [-0.2, -0.15) is 0 Å². The number of hydrogen-bond acceptors (Lipinski definition) is 4. The van der Waals surface area contributed by atoms with Crippen molar-refractivity contribution in [3.63, 3.8) is 0 Å². The fraction of sp³-hybridized carbons (Fsp3) is 0.127. The van der Waals surface area contributed by atoms with Gasteiger partial charge in [0.05, 0.1) is 5.41 Å². The summed E-state index contributed by atoms with van der Waals surface area (Å²) in [5.74, 6) is -1.55. The maximum absolute atomic E-state index is 16.9. The second kappa shape index (κ2) is 13.7. The lowest BCUT2D eigenvalue weighted by Crippen LogP contribution is -2.38. The van der Waals surface area contributed by atoms with E-state index in [1.807, 2.05) is 60.7 Å². The molecule has 292 valence electrons. The first-order valence-corrected chi connectivity index (χ1v) is 20.2. The Morgan fingerprint density at radius 3 is 1.68 bits per heavy atom. The van der Waals surface area contributed by atoms with E-state index in [1.54, 1.807) is 6.07 Å². The maximum Gasteiger partial charge on any atom is 0.330 e. The van der Waals surface area contributed by atoms with Crippen molar-refractivity contribution in [1.82, 2.24) is 0 Å². The van der Waals surface area contributed by atoms with Crippen LogP contribution in [0.2, 0.25) is 0 Å². The molecular weight excluding hydrogens is 744 g/mol. The molecule has 0 unspecified atom stereocenters. The van der Waals surface area contributed by atoms with Crippen molar-refractivity contribution in [3.05, 3.63) is 181 Å². The highest BCUT2D eigenvalue weighted by Gasteiger charge is 2.46. The molecule has 5 heteroatoms. The molecule has 1 aliphatic rings. The third-order valence-electron chi connectivity index (χ3n) is 12.5. The molecule has 0 aromatic heterocycles. The van der Waals surface area contributed by atoms with Crippen molar-refractivity contribution in [2.45, 2.75) is 31.6 Å². The third-order valence-corrected chi connectivity index (χ3v) is 12.5. The molecule has 4 nitrogen and oxygen atoms in total. The SMILES string of the molecule is C=CC(=O)OCC1(COC(=O)C=C)c2cc(-c3c(F)c4ccccc4c4ccccc34)ccc2-c2ccc(-c3ccc4ccc5cc(C(C)(C)C)cc6ccc3c4c56)cc21. The van der Waals surface area contributed by atoms with Crippen LogP contribution in [-0.4, -0.2) is 25.2 Å². The van der Waals surface area contributed by atoms with E-state index in [0.717, 1.165) is 72.5 Å². The number of fused-ring (bicyclic) bond motifs is 6. The maximum atomic E-state index is 16.9. The van der Waals surface area contributed by atoms with Gasteiger partial charge in [0.1, 0.15) is 19.0 Å². The van der Waals surface area contributed by atoms with E-state index in [9.17, 15) is 9.59 Å². The quantitative estimate of drug-likeness (QED) is 0.0875. The predicted molar refractivity (Wildman–Crippen MR) is 243 cm³/mol. The van der Waals surface area contributed by atoms with Crippen molar-refractivity contribution in [3.8, 4) is 33.4 Å². The average molecular weight is 785 g/mol. The number of ether oxygens (including phenoxy) is 2. The second-order valence-corrected chi connectivity index (χ2v) is 16.9. The van der Waals surface area contributed by atoms with E-state index in [-0.39, 0.29) is 24.4 Å². The molecule has 60 heavy (non-hydrogen) atoms. The van der Waals surface area contributed by atoms with Gasteiger partial charge in [0, 0.05) is 23.1 Å². The second-order valence-electron chi connectivity index (χ2n) is 16.9. The molecule has 0 radical (unpaired) electrons. The number of esters is 2. The molecular formula is C55H41FO4. The summed E-state index contributed by atoms with van der Waals surface area (Å²) in [6, 6.07) is 45.4. The van der Waals surface area contributed by atoms with E-state index in [2.05, 4.69) is 101 Å². The molecule has 0 fully saturated rings. The molecule has 0 N–H and O–H groups in total. The highest BCUT2D eigenvalue weighted by molar-refractivity contribution is 6.25. The van der Waals surface area contributed by atoms with Crippen LogP contribution in [0.15, 0.2) is 159 Å². The molecule has 0 saturated heterocycles. The minimum absolute atomic E-state index is 0.00227. The van der Waals surface area contributed by atoms with Gasteiger partial charge in [-0.05, 0) is 111 Å². The fourth-order valence-electron chi connectivity index (χ4n) is 9.56. The van der Waals surface area contributed by atoms with E-state index < -0.39 is 17.4 Å². The molecule has 1 aliphatic carbocycles. The highest BCUT2D eigenvalue weighted by atomic mass is 19.1. The largest absolute Gasteiger partial charge is 0.461 e. The summed E-state index contributed by atoms with van der Waals surface area (Å²) in [6.07, 6.45) is 2.25. The molecule has 0 amide bonds. The van der Waals surface area contributed by atoms with Gasteiger partial charge in [0.15, 0.2) is 0 Å². The lowest BCUT2D eigenvalue weighted by atomic mass is 9.77. The summed E-state index contributed by atoms with van der Waals surface area (Å²) in [4.78, 5) is 25.8. The summed E-state index contributed by atoms with van der Waals surface area (Å²) < 4.78 is 28.8. The standard InChI is InChI=1S/C55H41FO4/c1-6-48(57)59-30-55(31-60-49(58)7-2)46-28-33(38-22-18-32-16-17-34-26-37(54(3,4)5)27-35-21-25-44(38)51(32)50(34)35)19-23-41(46)42-24-20-36(29-47(42)55)52-43-14-10-8-12-39(43)40-13-9-11-15-45(40)53(52)56/h6-29H,1-2,30-31H2,3-5H3. The predicted octanol–water partition coefficient (Wildman–Crippen LogP) is 13.4. The summed E-state index contributed by atoms with van der Waals surface area (Å²) in [5.41, 5.74) is 6.58. The van der Waals surface area contributed by atoms with Crippen LogP contribution >= 0.6 is 0 Å². The summed E-state index contributed by atoms with van der Waals surface area (Å²) in [7, 11) is 0. The number of rotatable bonds is 8. The Labute approximate surface area is 347 Å². The molecule has 9 aromatic carbocycles. The Bertz CT molecular complexity index is 3250. The first-order chi connectivity index (χ1) is 29.0. The Kier molecular flexibility index (Phi) is 8.52. The molecule has 0 bridgehead atoms. The number of hydrogen-bond donors (Lipinski definition) is 0. The smallest absolute Gasteiger partial charge is 0.330 e. The van der Waals surface area contributed by atoms with Crippen molar-refractivity contribution < 1.29 is 23.5 Å². The van der Waals surface area contributed by atoms with E-state index in [0.29, 0.717) is 16.5 Å². The molecule has 0 saturated carbocycles. The zero-order valence-electron chi connectivity index (χ0n) is 33.7. The number of benzene rings is 9. The Morgan fingerprint density at radius 1 is 0.567 bits per heavy atom. The first kappa shape index (κ1) is 37.2.